The molecule has 0 saturated carbocycles. The van der Waals surface area contributed by atoms with Crippen molar-refractivity contribution in [2.45, 2.75) is 26.7 Å². The van der Waals surface area contributed by atoms with Gasteiger partial charge in [0.25, 0.3) is 0 Å². The summed E-state index contributed by atoms with van der Waals surface area (Å²) in [7, 11) is 0. The Kier molecular flexibility index (Phi) is 4.88. The summed E-state index contributed by atoms with van der Waals surface area (Å²) >= 11 is 0. The van der Waals surface area contributed by atoms with E-state index in [9.17, 15) is 4.79 Å². The fraction of sp³-hybridized carbons (Fsp3) is 0.462. The van der Waals surface area contributed by atoms with Crippen LogP contribution < -0.4 is 5.32 Å². The van der Waals surface area contributed by atoms with Gasteiger partial charge in [0.05, 0.1) is 0 Å². The molecular formula is C13H19NO. The van der Waals surface area contributed by atoms with Gasteiger partial charge in [0.1, 0.15) is 0 Å². The van der Waals surface area contributed by atoms with Gasteiger partial charge in [-0.1, -0.05) is 44.2 Å². The number of amides is 1. The van der Waals surface area contributed by atoms with Crippen LogP contribution in [0.4, 0.5) is 0 Å². The molecule has 82 valence electrons. The number of rotatable bonds is 5. The minimum absolute atomic E-state index is 0.0546. The normalized spacial score (nSPS) is 12.1. The van der Waals surface area contributed by atoms with E-state index in [2.05, 4.69) is 24.4 Å². The summed E-state index contributed by atoms with van der Waals surface area (Å²) in [5.74, 6) is 0.208. The van der Waals surface area contributed by atoms with Crippen molar-refractivity contribution in [3.8, 4) is 0 Å². The minimum atomic E-state index is 0.0546. The van der Waals surface area contributed by atoms with Crippen LogP contribution in [0, 0.1) is 5.92 Å². The van der Waals surface area contributed by atoms with E-state index in [1.807, 2.05) is 25.1 Å². The number of benzene rings is 1. The van der Waals surface area contributed by atoms with Crippen molar-refractivity contribution in [1.29, 1.82) is 0 Å². The molecule has 0 spiro atoms. The van der Waals surface area contributed by atoms with Gasteiger partial charge in [-0.2, -0.15) is 0 Å². The molecule has 1 atom stereocenters. The van der Waals surface area contributed by atoms with Crippen LogP contribution in [-0.2, 0) is 11.2 Å². The number of carbonyl (C=O) groups excluding carboxylic acids is 1. The van der Waals surface area contributed by atoms with E-state index in [1.54, 1.807) is 0 Å². The summed E-state index contributed by atoms with van der Waals surface area (Å²) < 4.78 is 0. The lowest BCUT2D eigenvalue weighted by molar-refractivity contribution is -0.124. The Morgan fingerprint density at radius 1 is 1.33 bits per heavy atom. The van der Waals surface area contributed by atoms with Gasteiger partial charge in [0.2, 0.25) is 5.91 Å². The summed E-state index contributed by atoms with van der Waals surface area (Å²) in [5, 5.41) is 2.91. The van der Waals surface area contributed by atoms with E-state index >= 15 is 0 Å². The first-order valence-corrected chi connectivity index (χ1v) is 5.55. The van der Waals surface area contributed by atoms with E-state index in [1.165, 1.54) is 5.56 Å². The predicted molar refractivity (Wildman–Crippen MR) is 62.6 cm³/mol. The van der Waals surface area contributed by atoms with Gasteiger partial charge in [-0.25, -0.2) is 0 Å². The van der Waals surface area contributed by atoms with Crippen LogP contribution in [0.1, 0.15) is 25.8 Å². The molecule has 2 nitrogen and oxygen atoms in total. The van der Waals surface area contributed by atoms with Gasteiger partial charge in [-0.3, -0.25) is 4.79 Å². The summed E-state index contributed by atoms with van der Waals surface area (Å²) in [5.41, 5.74) is 1.22. The van der Waals surface area contributed by atoms with Gasteiger partial charge in [0, 0.05) is 12.5 Å². The maximum Gasteiger partial charge on any atom is 0.223 e. The van der Waals surface area contributed by atoms with Crippen molar-refractivity contribution in [1.82, 2.24) is 5.32 Å². The van der Waals surface area contributed by atoms with Crippen LogP contribution >= 0.6 is 0 Å². The van der Waals surface area contributed by atoms with Crippen molar-refractivity contribution in [2.24, 2.45) is 5.92 Å². The number of nitrogens with one attached hydrogen (secondary N) is 1. The highest BCUT2D eigenvalue weighted by atomic mass is 16.1. The molecule has 0 saturated heterocycles. The molecule has 0 aromatic heterocycles. The highest BCUT2D eigenvalue weighted by molar-refractivity contribution is 5.78. The molecule has 0 radical (unpaired) electrons. The lowest BCUT2D eigenvalue weighted by atomic mass is 10.0. The molecule has 0 heterocycles. The second kappa shape index (κ2) is 6.23. The molecule has 1 aromatic carbocycles. The average Bonchev–Trinajstić information content (AvgIpc) is 2.27. The number of hydrogen-bond donors (Lipinski definition) is 1. The van der Waals surface area contributed by atoms with Crippen molar-refractivity contribution in [3.05, 3.63) is 35.9 Å². The molecular weight excluding hydrogens is 186 g/mol. The first-order valence-electron chi connectivity index (χ1n) is 5.55. The average molecular weight is 205 g/mol. The van der Waals surface area contributed by atoms with Crippen LogP contribution in [0.2, 0.25) is 0 Å². The highest BCUT2D eigenvalue weighted by Gasteiger charge is 2.11. The Bertz CT molecular complexity index is 295. The summed E-state index contributed by atoms with van der Waals surface area (Å²) in [6.07, 6.45) is 1.81. The second-order valence-electron chi connectivity index (χ2n) is 3.88. The Morgan fingerprint density at radius 3 is 2.60 bits per heavy atom. The van der Waals surface area contributed by atoms with Crippen molar-refractivity contribution in [3.63, 3.8) is 0 Å². The molecule has 2 heteroatoms. The van der Waals surface area contributed by atoms with Gasteiger partial charge in [-0.05, 0) is 18.4 Å². The molecule has 1 amide bonds. The standard InChI is InChI=1S/C13H19NO/c1-3-9-14-13(15)11(2)10-12-7-5-4-6-8-12/h4-8,11H,3,9-10H2,1-2H3,(H,14,15)/t11-/m0/s1. The third-order valence-electron chi connectivity index (χ3n) is 2.38. The molecule has 0 aliphatic rings. The SMILES string of the molecule is CCCNC(=O)[C@@H](C)Cc1ccccc1. The maximum atomic E-state index is 11.6. The lowest BCUT2D eigenvalue weighted by Gasteiger charge is -2.11. The molecule has 0 unspecified atom stereocenters. The zero-order valence-electron chi connectivity index (χ0n) is 9.49. The molecule has 0 aliphatic carbocycles. The fourth-order valence-electron chi connectivity index (χ4n) is 1.48. The Morgan fingerprint density at radius 2 is 2.00 bits per heavy atom. The third-order valence-corrected chi connectivity index (χ3v) is 2.38. The monoisotopic (exact) mass is 205 g/mol. The molecule has 1 N–H and O–H groups in total. The van der Waals surface area contributed by atoms with Crippen molar-refractivity contribution in [2.75, 3.05) is 6.54 Å². The molecule has 1 rings (SSSR count). The summed E-state index contributed by atoms with van der Waals surface area (Å²) in [6.45, 7) is 4.80. The Balaban J connectivity index is 2.41. The first-order chi connectivity index (χ1) is 7.24. The van der Waals surface area contributed by atoms with Gasteiger partial charge >= 0.3 is 0 Å². The molecule has 0 aliphatic heterocycles. The fourth-order valence-corrected chi connectivity index (χ4v) is 1.48. The molecule has 1 aromatic rings. The van der Waals surface area contributed by atoms with Crippen molar-refractivity contribution < 1.29 is 4.79 Å². The van der Waals surface area contributed by atoms with Gasteiger partial charge in [0.15, 0.2) is 0 Å². The van der Waals surface area contributed by atoms with Gasteiger partial charge < -0.3 is 5.32 Å². The van der Waals surface area contributed by atoms with Crippen LogP contribution in [-0.4, -0.2) is 12.5 Å². The van der Waals surface area contributed by atoms with E-state index in [-0.39, 0.29) is 11.8 Å². The first kappa shape index (κ1) is 11.8. The van der Waals surface area contributed by atoms with E-state index in [0.29, 0.717) is 0 Å². The Hall–Kier alpha value is -1.31. The van der Waals surface area contributed by atoms with Gasteiger partial charge in [-0.15, -0.1) is 0 Å². The quantitative estimate of drug-likeness (QED) is 0.785. The minimum Gasteiger partial charge on any atom is -0.356 e. The second-order valence-corrected chi connectivity index (χ2v) is 3.88. The molecule has 15 heavy (non-hydrogen) atoms. The van der Waals surface area contributed by atoms with E-state index in [0.717, 1.165) is 19.4 Å². The molecule has 0 bridgehead atoms. The smallest absolute Gasteiger partial charge is 0.223 e. The zero-order chi connectivity index (χ0) is 11.1. The third kappa shape index (κ3) is 4.15. The topological polar surface area (TPSA) is 29.1 Å². The van der Waals surface area contributed by atoms with Crippen molar-refractivity contribution >= 4 is 5.91 Å². The van der Waals surface area contributed by atoms with E-state index < -0.39 is 0 Å². The Labute approximate surface area is 91.7 Å². The summed E-state index contributed by atoms with van der Waals surface area (Å²) in [6, 6.07) is 10.1. The van der Waals surface area contributed by atoms with E-state index in [4.69, 9.17) is 0 Å². The predicted octanol–water partition coefficient (Wildman–Crippen LogP) is 2.39. The van der Waals surface area contributed by atoms with Crippen LogP contribution in [0.25, 0.3) is 0 Å². The summed E-state index contributed by atoms with van der Waals surface area (Å²) in [4.78, 5) is 11.6. The maximum absolute atomic E-state index is 11.6. The van der Waals surface area contributed by atoms with Crippen LogP contribution in [0.15, 0.2) is 30.3 Å². The largest absolute Gasteiger partial charge is 0.356 e. The number of hydrogen-bond acceptors (Lipinski definition) is 1. The lowest BCUT2D eigenvalue weighted by Crippen LogP contribution is -2.30. The van der Waals surface area contributed by atoms with Crippen LogP contribution in [0.5, 0.6) is 0 Å². The highest BCUT2D eigenvalue weighted by Crippen LogP contribution is 2.07. The van der Waals surface area contributed by atoms with Crippen LogP contribution in [0.3, 0.4) is 0 Å². The molecule has 0 fully saturated rings. The number of carbonyl (C=O) groups is 1. The zero-order valence-corrected chi connectivity index (χ0v) is 9.49.